The number of hydrogen-bond acceptors (Lipinski definition) is 2. The van der Waals surface area contributed by atoms with Crippen LogP contribution in [0.15, 0.2) is 29.1 Å². The van der Waals surface area contributed by atoms with Crippen LogP contribution in [0.3, 0.4) is 0 Å². The molecule has 0 spiro atoms. The van der Waals surface area contributed by atoms with Crippen LogP contribution in [-0.2, 0) is 0 Å². The number of aromatic nitrogens is 2. The lowest BCUT2D eigenvalue weighted by Crippen LogP contribution is -2.35. The Balaban J connectivity index is 2.14. The van der Waals surface area contributed by atoms with E-state index >= 15 is 0 Å². The minimum absolute atomic E-state index is 0.00917. The zero-order chi connectivity index (χ0) is 11.0. The van der Waals surface area contributed by atoms with Crippen molar-refractivity contribution < 1.29 is 0 Å². The Bertz CT molecular complexity index is 549. The molecule has 2 aromatic rings. The number of nitrogens with one attached hydrogen (secondary N) is 2. The molecule has 16 heavy (non-hydrogen) atoms. The van der Waals surface area contributed by atoms with Crippen LogP contribution < -0.4 is 11.0 Å². The van der Waals surface area contributed by atoms with Crippen molar-refractivity contribution in [1.29, 1.82) is 0 Å². The number of para-hydroxylation sites is 2. The summed E-state index contributed by atoms with van der Waals surface area (Å²) in [7, 11) is 0. The van der Waals surface area contributed by atoms with E-state index in [1.54, 1.807) is 0 Å². The third-order valence-electron chi connectivity index (χ3n) is 3.26. The molecule has 4 heteroatoms. The maximum absolute atomic E-state index is 11.9. The molecule has 0 amide bonds. The van der Waals surface area contributed by atoms with E-state index in [4.69, 9.17) is 0 Å². The first-order valence-electron chi connectivity index (χ1n) is 5.76. The van der Waals surface area contributed by atoms with Crippen molar-refractivity contribution in [3.8, 4) is 0 Å². The summed E-state index contributed by atoms with van der Waals surface area (Å²) in [6.07, 6.45) is 2.21. The molecule has 1 aromatic carbocycles. The smallest absolute Gasteiger partial charge is 0.315 e. The van der Waals surface area contributed by atoms with Gasteiger partial charge in [-0.15, -0.1) is 0 Å². The largest absolute Gasteiger partial charge is 0.326 e. The molecular formula is C12H15N3O. The average molecular weight is 217 g/mol. The van der Waals surface area contributed by atoms with E-state index in [0.29, 0.717) is 0 Å². The molecule has 84 valence electrons. The summed E-state index contributed by atoms with van der Waals surface area (Å²) >= 11 is 0. The second-order valence-electron chi connectivity index (χ2n) is 4.32. The fraction of sp³-hybridized carbons (Fsp3) is 0.417. The molecule has 3 rings (SSSR count). The van der Waals surface area contributed by atoms with E-state index in [9.17, 15) is 4.79 Å². The average Bonchev–Trinajstić information content (AvgIpc) is 2.66. The van der Waals surface area contributed by atoms with Crippen LogP contribution in [0.1, 0.15) is 18.9 Å². The Morgan fingerprint density at radius 2 is 2.19 bits per heavy atom. The molecular weight excluding hydrogens is 202 g/mol. The molecule has 1 aromatic heterocycles. The zero-order valence-corrected chi connectivity index (χ0v) is 9.07. The monoisotopic (exact) mass is 217 g/mol. The fourth-order valence-electron chi connectivity index (χ4n) is 2.49. The molecule has 0 saturated carbocycles. The number of piperidine rings is 1. The SMILES string of the molecule is O=c1[nH]c2ccccc2n1[C@H]1CCCNC1. The van der Waals surface area contributed by atoms with E-state index < -0.39 is 0 Å². The predicted molar refractivity (Wildman–Crippen MR) is 63.7 cm³/mol. The molecule has 1 aliphatic rings. The van der Waals surface area contributed by atoms with Gasteiger partial charge in [-0.3, -0.25) is 4.57 Å². The summed E-state index contributed by atoms with van der Waals surface area (Å²) in [4.78, 5) is 14.8. The first-order valence-corrected chi connectivity index (χ1v) is 5.76. The van der Waals surface area contributed by atoms with Gasteiger partial charge < -0.3 is 10.3 Å². The number of hydrogen-bond donors (Lipinski definition) is 2. The number of rotatable bonds is 1. The van der Waals surface area contributed by atoms with Crippen LogP contribution in [0.5, 0.6) is 0 Å². The minimum Gasteiger partial charge on any atom is -0.315 e. The molecule has 1 aliphatic heterocycles. The highest BCUT2D eigenvalue weighted by Crippen LogP contribution is 2.19. The van der Waals surface area contributed by atoms with Gasteiger partial charge in [0.1, 0.15) is 0 Å². The standard InChI is InChI=1S/C12H15N3O/c16-12-14-10-5-1-2-6-11(10)15(12)9-4-3-7-13-8-9/h1-2,5-6,9,13H,3-4,7-8H2,(H,14,16)/t9-/m0/s1. The van der Waals surface area contributed by atoms with Gasteiger partial charge in [-0.25, -0.2) is 4.79 Å². The number of nitrogens with zero attached hydrogens (tertiary/aromatic N) is 1. The van der Waals surface area contributed by atoms with Gasteiger partial charge in [-0.05, 0) is 31.5 Å². The third kappa shape index (κ3) is 1.46. The molecule has 1 fully saturated rings. The molecule has 0 aliphatic carbocycles. The fourth-order valence-corrected chi connectivity index (χ4v) is 2.49. The van der Waals surface area contributed by atoms with Gasteiger partial charge in [0.25, 0.3) is 0 Å². The molecule has 2 heterocycles. The summed E-state index contributed by atoms with van der Waals surface area (Å²) < 4.78 is 1.89. The maximum Gasteiger partial charge on any atom is 0.326 e. The highest BCUT2D eigenvalue weighted by molar-refractivity contribution is 5.75. The van der Waals surface area contributed by atoms with Crippen molar-refractivity contribution in [3.63, 3.8) is 0 Å². The summed E-state index contributed by atoms with van der Waals surface area (Å²) in [5.41, 5.74) is 1.95. The lowest BCUT2D eigenvalue weighted by Gasteiger charge is -2.23. The highest BCUT2D eigenvalue weighted by Gasteiger charge is 2.18. The van der Waals surface area contributed by atoms with Gasteiger partial charge in [-0.1, -0.05) is 12.1 Å². The Kier molecular flexibility index (Phi) is 2.29. The van der Waals surface area contributed by atoms with Crippen LogP contribution in [0, 0.1) is 0 Å². The summed E-state index contributed by atoms with van der Waals surface area (Å²) in [6, 6.07) is 8.16. The van der Waals surface area contributed by atoms with Crippen LogP contribution >= 0.6 is 0 Å². The van der Waals surface area contributed by atoms with E-state index in [-0.39, 0.29) is 11.7 Å². The van der Waals surface area contributed by atoms with Crippen LogP contribution in [-0.4, -0.2) is 22.6 Å². The molecule has 1 atom stereocenters. The van der Waals surface area contributed by atoms with E-state index in [2.05, 4.69) is 10.3 Å². The third-order valence-corrected chi connectivity index (χ3v) is 3.26. The van der Waals surface area contributed by atoms with Crippen LogP contribution in [0.4, 0.5) is 0 Å². The quantitative estimate of drug-likeness (QED) is 0.755. The topological polar surface area (TPSA) is 49.8 Å². The molecule has 0 unspecified atom stereocenters. The van der Waals surface area contributed by atoms with Crippen LogP contribution in [0.2, 0.25) is 0 Å². The molecule has 0 bridgehead atoms. The minimum atomic E-state index is 0.00917. The van der Waals surface area contributed by atoms with Gasteiger partial charge in [0.05, 0.1) is 17.1 Å². The number of H-pyrrole nitrogens is 1. The number of fused-ring (bicyclic) bond motifs is 1. The number of benzene rings is 1. The van der Waals surface area contributed by atoms with E-state index in [0.717, 1.165) is 37.0 Å². The highest BCUT2D eigenvalue weighted by atomic mass is 16.1. The lowest BCUT2D eigenvalue weighted by atomic mass is 10.1. The van der Waals surface area contributed by atoms with Gasteiger partial charge in [0.15, 0.2) is 0 Å². The second kappa shape index (κ2) is 3.79. The predicted octanol–water partition coefficient (Wildman–Crippen LogP) is 1.25. The van der Waals surface area contributed by atoms with Crippen LogP contribution in [0.25, 0.3) is 11.0 Å². The molecule has 0 radical (unpaired) electrons. The summed E-state index contributed by atoms with van der Waals surface area (Å²) in [6.45, 7) is 1.95. The van der Waals surface area contributed by atoms with Gasteiger partial charge in [0.2, 0.25) is 0 Å². The first-order chi connectivity index (χ1) is 7.86. The van der Waals surface area contributed by atoms with Crippen molar-refractivity contribution in [2.75, 3.05) is 13.1 Å². The van der Waals surface area contributed by atoms with Gasteiger partial charge in [0, 0.05) is 6.54 Å². The van der Waals surface area contributed by atoms with E-state index in [1.165, 1.54) is 0 Å². The van der Waals surface area contributed by atoms with Gasteiger partial charge in [-0.2, -0.15) is 0 Å². The lowest BCUT2D eigenvalue weighted by molar-refractivity contribution is 0.372. The Morgan fingerprint density at radius 3 is 3.00 bits per heavy atom. The summed E-state index contributed by atoms with van der Waals surface area (Å²) in [5, 5.41) is 3.34. The normalized spacial score (nSPS) is 21.4. The second-order valence-corrected chi connectivity index (χ2v) is 4.32. The Hall–Kier alpha value is -1.55. The molecule has 2 N–H and O–H groups in total. The summed E-state index contributed by atoms with van der Waals surface area (Å²) in [5.74, 6) is 0. The molecule has 4 nitrogen and oxygen atoms in total. The van der Waals surface area contributed by atoms with Crippen molar-refractivity contribution in [3.05, 3.63) is 34.7 Å². The van der Waals surface area contributed by atoms with Crippen molar-refractivity contribution in [2.24, 2.45) is 0 Å². The number of imidazole rings is 1. The first kappa shape index (κ1) is 9.66. The Morgan fingerprint density at radius 1 is 1.31 bits per heavy atom. The van der Waals surface area contributed by atoms with Gasteiger partial charge >= 0.3 is 5.69 Å². The zero-order valence-electron chi connectivity index (χ0n) is 9.07. The maximum atomic E-state index is 11.9. The van der Waals surface area contributed by atoms with Crippen molar-refractivity contribution >= 4 is 11.0 Å². The Labute approximate surface area is 93.3 Å². The molecule has 1 saturated heterocycles. The van der Waals surface area contributed by atoms with Crippen molar-refractivity contribution in [1.82, 2.24) is 14.9 Å². The number of aromatic amines is 1. The van der Waals surface area contributed by atoms with E-state index in [1.807, 2.05) is 28.8 Å². The van der Waals surface area contributed by atoms with Crippen molar-refractivity contribution in [2.45, 2.75) is 18.9 Å².